The van der Waals surface area contributed by atoms with Gasteiger partial charge in [-0.1, -0.05) is 27.7 Å². The van der Waals surface area contributed by atoms with E-state index in [4.69, 9.17) is 9.57 Å². The molecule has 0 aliphatic carbocycles. The molecule has 2 saturated heterocycles. The second kappa shape index (κ2) is 9.47. The van der Waals surface area contributed by atoms with E-state index in [-0.39, 0.29) is 17.7 Å². The molecule has 162 valence electrons. The van der Waals surface area contributed by atoms with E-state index >= 15 is 0 Å². The predicted octanol–water partition coefficient (Wildman–Crippen LogP) is -1.49. The van der Waals surface area contributed by atoms with Gasteiger partial charge in [0, 0.05) is 0 Å². The van der Waals surface area contributed by atoms with Crippen LogP contribution in [0, 0.1) is 11.8 Å². The summed E-state index contributed by atoms with van der Waals surface area (Å²) in [6.45, 7) is 7.00. The summed E-state index contributed by atoms with van der Waals surface area (Å²) in [5.74, 6) is -0.629. The largest absolute Gasteiger partial charge is 0.394 e. The minimum Gasteiger partial charge on any atom is -0.394 e. The third-order valence-electron chi connectivity index (χ3n) is 4.89. The van der Waals surface area contributed by atoms with E-state index in [9.17, 15) is 30.0 Å². The summed E-state index contributed by atoms with van der Waals surface area (Å²) in [5, 5.41) is 43.0. The molecule has 10 heteroatoms. The van der Waals surface area contributed by atoms with Gasteiger partial charge in [-0.3, -0.25) is 9.59 Å². The van der Waals surface area contributed by atoms with Gasteiger partial charge in [-0.25, -0.2) is 9.90 Å². The van der Waals surface area contributed by atoms with Crippen molar-refractivity contribution < 1.29 is 39.6 Å². The van der Waals surface area contributed by atoms with E-state index in [1.54, 1.807) is 0 Å². The quantitative estimate of drug-likeness (QED) is 0.344. The van der Waals surface area contributed by atoms with Crippen LogP contribution in [0.25, 0.3) is 0 Å². The Hall–Kier alpha value is -1.30. The molecule has 10 nitrogen and oxygen atoms in total. The maximum atomic E-state index is 13.0. The third-order valence-corrected chi connectivity index (χ3v) is 4.89. The molecule has 0 aromatic rings. The molecule has 5 N–H and O–H groups in total. The standard InChI is InChI=1S/C18H32N2O8/c1-8(2)5-10-17(26)20(11(6-9(3)4)16(25)19-10)28-18-15(24)14(23)13(22)12(7-21)27-18/h8-15,18,21-24H,5-7H2,1-4H3,(H,19,25)/t10?,11?,12-,13-,14+,15-,18+/m1/s1. The van der Waals surface area contributed by atoms with Gasteiger partial charge in [0.15, 0.2) is 0 Å². The minimum absolute atomic E-state index is 0.0751. The number of piperazine rings is 1. The monoisotopic (exact) mass is 404 g/mol. The van der Waals surface area contributed by atoms with E-state index in [2.05, 4.69) is 5.32 Å². The number of nitrogens with one attached hydrogen (secondary N) is 1. The Morgan fingerprint density at radius 1 is 1.04 bits per heavy atom. The van der Waals surface area contributed by atoms with E-state index in [1.807, 2.05) is 27.7 Å². The second-order valence-corrected chi connectivity index (χ2v) is 8.30. The lowest BCUT2D eigenvalue weighted by Gasteiger charge is -2.44. The Morgan fingerprint density at radius 3 is 2.18 bits per heavy atom. The Bertz CT molecular complexity index is 556. The van der Waals surface area contributed by atoms with Gasteiger partial charge in [0.1, 0.15) is 36.5 Å². The molecule has 28 heavy (non-hydrogen) atoms. The number of ether oxygens (including phenoxy) is 1. The van der Waals surface area contributed by atoms with Crippen molar-refractivity contribution in [1.82, 2.24) is 10.4 Å². The molecule has 0 saturated carbocycles. The van der Waals surface area contributed by atoms with Gasteiger partial charge < -0.3 is 30.5 Å². The molecule has 2 amide bonds. The van der Waals surface area contributed by atoms with E-state index in [0.717, 1.165) is 5.06 Å². The van der Waals surface area contributed by atoms with Gasteiger partial charge in [0.05, 0.1) is 6.61 Å². The molecule has 2 unspecified atom stereocenters. The Labute approximate surface area is 164 Å². The molecule has 0 bridgehead atoms. The molecule has 2 heterocycles. The van der Waals surface area contributed by atoms with Crippen molar-refractivity contribution in [2.45, 2.75) is 83.3 Å². The molecule has 0 spiro atoms. The fourth-order valence-electron chi connectivity index (χ4n) is 3.42. The van der Waals surface area contributed by atoms with Gasteiger partial charge in [-0.2, -0.15) is 0 Å². The van der Waals surface area contributed by atoms with Crippen LogP contribution in [-0.4, -0.2) is 86.7 Å². The lowest BCUT2D eigenvalue weighted by molar-refractivity contribution is -0.359. The highest BCUT2D eigenvalue weighted by Crippen LogP contribution is 2.27. The lowest BCUT2D eigenvalue weighted by Crippen LogP contribution is -2.66. The van der Waals surface area contributed by atoms with Gasteiger partial charge in [0.2, 0.25) is 12.2 Å². The summed E-state index contributed by atoms with van der Waals surface area (Å²) < 4.78 is 5.33. The lowest BCUT2D eigenvalue weighted by atomic mass is 9.96. The van der Waals surface area contributed by atoms with Gasteiger partial charge in [-0.15, -0.1) is 0 Å². The number of hydrogen-bond acceptors (Lipinski definition) is 8. The van der Waals surface area contributed by atoms with Crippen LogP contribution in [0.4, 0.5) is 0 Å². The molecule has 7 atom stereocenters. The molecule has 0 aromatic heterocycles. The predicted molar refractivity (Wildman–Crippen MR) is 96.3 cm³/mol. The van der Waals surface area contributed by atoms with Crippen molar-refractivity contribution >= 4 is 11.8 Å². The summed E-state index contributed by atoms with van der Waals surface area (Å²) in [6.07, 6.45) is -6.82. The minimum atomic E-state index is -1.67. The van der Waals surface area contributed by atoms with Crippen LogP contribution < -0.4 is 5.32 Å². The molecule has 0 aromatic carbocycles. The molecular formula is C18H32N2O8. The van der Waals surface area contributed by atoms with E-state index < -0.39 is 55.3 Å². The highest BCUT2D eigenvalue weighted by atomic mass is 16.8. The number of nitrogens with zero attached hydrogens (tertiary/aromatic N) is 1. The number of amides is 2. The zero-order valence-electron chi connectivity index (χ0n) is 16.7. The number of rotatable bonds is 7. The number of aliphatic hydroxyl groups excluding tert-OH is 4. The highest BCUT2D eigenvalue weighted by Gasteiger charge is 2.49. The first kappa shape index (κ1) is 23.0. The maximum absolute atomic E-state index is 13.0. The topological polar surface area (TPSA) is 149 Å². The second-order valence-electron chi connectivity index (χ2n) is 8.30. The first-order valence-corrected chi connectivity index (χ1v) is 9.67. The van der Waals surface area contributed by atoms with Crippen molar-refractivity contribution in [1.29, 1.82) is 0 Å². The van der Waals surface area contributed by atoms with Crippen LogP contribution in [0.15, 0.2) is 0 Å². The first-order chi connectivity index (χ1) is 13.1. The van der Waals surface area contributed by atoms with Crippen LogP contribution in [0.1, 0.15) is 40.5 Å². The average Bonchev–Trinajstić information content (AvgIpc) is 2.61. The fraction of sp³-hybridized carbons (Fsp3) is 0.889. The number of carbonyl (C=O) groups excluding carboxylic acids is 2. The maximum Gasteiger partial charge on any atom is 0.269 e. The number of aliphatic hydroxyl groups is 4. The summed E-state index contributed by atoms with van der Waals surface area (Å²) in [6, 6.07) is -1.70. The molecule has 0 radical (unpaired) electrons. The normalized spacial score (nSPS) is 36.9. The fourth-order valence-corrected chi connectivity index (χ4v) is 3.42. The van der Waals surface area contributed by atoms with Crippen molar-refractivity contribution in [3.63, 3.8) is 0 Å². The van der Waals surface area contributed by atoms with Crippen LogP contribution in [0.5, 0.6) is 0 Å². The van der Waals surface area contributed by atoms with Gasteiger partial charge >= 0.3 is 0 Å². The number of hydrogen-bond donors (Lipinski definition) is 5. The third kappa shape index (κ3) is 5.00. The smallest absolute Gasteiger partial charge is 0.269 e. The van der Waals surface area contributed by atoms with Crippen molar-refractivity contribution in [2.24, 2.45) is 11.8 Å². The molecular weight excluding hydrogens is 372 g/mol. The Kier molecular flexibility index (Phi) is 7.77. The molecule has 2 aliphatic heterocycles. The average molecular weight is 404 g/mol. The summed E-state index contributed by atoms with van der Waals surface area (Å²) in [4.78, 5) is 31.2. The highest BCUT2D eigenvalue weighted by molar-refractivity contribution is 5.96. The van der Waals surface area contributed by atoms with E-state index in [1.165, 1.54) is 0 Å². The first-order valence-electron chi connectivity index (χ1n) is 9.67. The SMILES string of the molecule is CC(C)CC1NC(=O)C(CC(C)C)N(O[C@@H]2O[C@H](CO)[C@@H](O)[C@H](O)[C@H]2O)C1=O. The molecule has 2 aliphatic rings. The van der Waals surface area contributed by atoms with Crippen LogP contribution in [0.2, 0.25) is 0 Å². The summed E-state index contributed by atoms with van der Waals surface area (Å²) >= 11 is 0. The number of hydroxylamine groups is 2. The van der Waals surface area contributed by atoms with Crippen molar-refractivity contribution in [3.05, 3.63) is 0 Å². The van der Waals surface area contributed by atoms with E-state index in [0.29, 0.717) is 12.8 Å². The van der Waals surface area contributed by atoms with Crippen molar-refractivity contribution in [3.8, 4) is 0 Å². The van der Waals surface area contributed by atoms with Gasteiger partial charge in [0.25, 0.3) is 5.91 Å². The van der Waals surface area contributed by atoms with Crippen LogP contribution in [-0.2, 0) is 19.2 Å². The summed E-state index contributed by atoms with van der Waals surface area (Å²) in [5.41, 5.74) is 0. The van der Waals surface area contributed by atoms with Crippen LogP contribution in [0.3, 0.4) is 0 Å². The molecule has 2 rings (SSSR count). The molecule has 2 fully saturated rings. The van der Waals surface area contributed by atoms with Crippen LogP contribution >= 0.6 is 0 Å². The zero-order valence-corrected chi connectivity index (χ0v) is 16.7. The Morgan fingerprint density at radius 2 is 1.64 bits per heavy atom. The number of carbonyl (C=O) groups is 2. The zero-order chi connectivity index (χ0) is 21.2. The summed E-state index contributed by atoms with van der Waals surface area (Å²) in [7, 11) is 0. The Balaban J connectivity index is 2.25. The van der Waals surface area contributed by atoms with Gasteiger partial charge in [-0.05, 0) is 24.7 Å². The van der Waals surface area contributed by atoms with Crippen molar-refractivity contribution in [2.75, 3.05) is 6.61 Å².